The molecule has 1 unspecified atom stereocenters. The van der Waals surface area contributed by atoms with Gasteiger partial charge in [-0.2, -0.15) is 0 Å². The summed E-state index contributed by atoms with van der Waals surface area (Å²) in [6.45, 7) is 8.80. The summed E-state index contributed by atoms with van der Waals surface area (Å²) in [5.41, 5.74) is 0. The summed E-state index contributed by atoms with van der Waals surface area (Å²) < 4.78 is 0. The number of amides is 2. The Balaban J connectivity index is 2.52. The van der Waals surface area contributed by atoms with E-state index < -0.39 is 12.0 Å². The monoisotopic (exact) mass is 257 g/mol. The SMILES string of the molecule is CC(C)N1CCN(C(=O)N(C)C(C)C(=O)O)CC1. The Morgan fingerprint density at radius 2 is 1.61 bits per heavy atom. The number of hydrogen-bond acceptors (Lipinski definition) is 3. The van der Waals surface area contributed by atoms with Gasteiger partial charge in [-0.3, -0.25) is 4.90 Å². The molecule has 0 spiro atoms. The normalized spacial score (nSPS) is 18.8. The summed E-state index contributed by atoms with van der Waals surface area (Å²) >= 11 is 0. The minimum absolute atomic E-state index is 0.201. The highest BCUT2D eigenvalue weighted by atomic mass is 16.4. The maximum atomic E-state index is 12.1. The van der Waals surface area contributed by atoms with E-state index in [1.165, 1.54) is 18.9 Å². The summed E-state index contributed by atoms with van der Waals surface area (Å²) in [7, 11) is 1.54. The first-order chi connectivity index (χ1) is 8.34. The van der Waals surface area contributed by atoms with Crippen molar-refractivity contribution in [1.29, 1.82) is 0 Å². The highest BCUT2D eigenvalue weighted by molar-refractivity contribution is 5.82. The van der Waals surface area contributed by atoms with Gasteiger partial charge in [0.05, 0.1) is 0 Å². The Hall–Kier alpha value is -1.30. The van der Waals surface area contributed by atoms with Crippen LogP contribution in [0.3, 0.4) is 0 Å². The van der Waals surface area contributed by atoms with Crippen molar-refractivity contribution in [3.8, 4) is 0 Å². The first kappa shape index (κ1) is 14.8. The van der Waals surface area contributed by atoms with E-state index >= 15 is 0 Å². The third kappa shape index (κ3) is 3.35. The van der Waals surface area contributed by atoms with Crippen molar-refractivity contribution in [1.82, 2.24) is 14.7 Å². The van der Waals surface area contributed by atoms with Crippen LogP contribution in [-0.4, -0.2) is 77.1 Å². The number of rotatable bonds is 3. The van der Waals surface area contributed by atoms with Crippen LogP contribution in [0.15, 0.2) is 0 Å². The number of urea groups is 1. The molecule has 6 nitrogen and oxygen atoms in total. The average Bonchev–Trinajstić information content (AvgIpc) is 2.36. The van der Waals surface area contributed by atoms with E-state index in [1.54, 1.807) is 4.90 Å². The van der Waals surface area contributed by atoms with Crippen LogP contribution in [0.2, 0.25) is 0 Å². The van der Waals surface area contributed by atoms with Gasteiger partial charge in [-0.05, 0) is 20.8 Å². The van der Waals surface area contributed by atoms with Crippen LogP contribution in [0.5, 0.6) is 0 Å². The molecule has 1 fully saturated rings. The minimum Gasteiger partial charge on any atom is -0.480 e. The molecule has 1 aliphatic rings. The lowest BCUT2D eigenvalue weighted by Crippen LogP contribution is -2.55. The summed E-state index contributed by atoms with van der Waals surface area (Å²) in [6.07, 6.45) is 0. The Labute approximate surface area is 108 Å². The molecule has 104 valence electrons. The molecule has 0 aromatic carbocycles. The van der Waals surface area contributed by atoms with Gasteiger partial charge in [0.2, 0.25) is 0 Å². The first-order valence-electron chi connectivity index (χ1n) is 6.33. The number of carboxylic acids is 1. The summed E-state index contributed by atoms with van der Waals surface area (Å²) in [4.78, 5) is 28.3. The van der Waals surface area contributed by atoms with Gasteiger partial charge in [0.1, 0.15) is 6.04 Å². The lowest BCUT2D eigenvalue weighted by molar-refractivity contribution is -0.141. The zero-order chi connectivity index (χ0) is 13.9. The van der Waals surface area contributed by atoms with Gasteiger partial charge in [-0.25, -0.2) is 9.59 Å². The Morgan fingerprint density at radius 1 is 1.11 bits per heavy atom. The van der Waals surface area contributed by atoms with Crippen molar-refractivity contribution in [2.45, 2.75) is 32.9 Å². The largest absolute Gasteiger partial charge is 0.480 e. The third-order valence-corrected chi connectivity index (χ3v) is 3.56. The molecular formula is C12H23N3O3. The number of likely N-dealkylation sites (N-methyl/N-ethyl adjacent to an activating group) is 1. The highest BCUT2D eigenvalue weighted by Gasteiger charge is 2.28. The van der Waals surface area contributed by atoms with Crippen molar-refractivity contribution in [2.24, 2.45) is 0 Å². The molecular weight excluding hydrogens is 234 g/mol. The van der Waals surface area contributed by atoms with Crippen molar-refractivity contribution in [3.63, 3.8) is 0 Å². The van der Waals surface area contributed by atoms with Crippen LogP contribution in [-0.2, 0) is 4.79 Å². The fourth-order valence-corrected chi connectivity index (χ4v) is 1.98. The molecule has 1 rings (SSSR count). The highest BCUT2D eigenvalue weighted by Crippen LogP contribution is 2.09. The summed E-state index contributed by atoms with van der Waals surface area (Å²) in [5, 5.41) is 8.89. The fourth-order valence-electron chi connectivity index (χ4n) is 1.98. The molecule has 0 aliphatic carbocycles. The molecule has 0 aromatic rings. The van der Waals surface area contributed by atoms with E-state index in [2.05, 4.69) is 18.7 Å². The number of hydrogen-bond donors (Lipinski definition) is 1. The average molecular weight is 257 g/mol. The van der Waals surface area contributed by atoms with Crippen molar-refractivity contribution < 1.29 is 14.7 Å². The zero-order valence-corrected chi connectivity index (χ0v) is 11.6. The van der Waals surface area contributed by atoms with E-state index in [0.29, 0.717) is 19.1 Å². The zero-order valence-electron chi connectivity index (χ0n) is 11.6. The lowest BCUT2D eigenvalue weighted by atomic mass is 10.2. The first-order valence-corrected chi connectivity index (χ1v) is 6.33. The van der Waals surface area contributed by atoms with Gasteiger partial charge in [-0.1, -0.05) is 0 Å². The second kappa shape index (κ2) is 6.04. The van der Waals surface area contributed by atoms with E-state index in [0.717, 1.165) is 13.1 Å². The van der Waals surface area contributed by atoms with Crippen molar-refractivity contribution in [2.75, 3.05) is 33.2 Å². The Bertz CT molecular complexity index is 312. The molecule has 0 radical (unpaired) electrons. The van der Waals surface area contributed by atoms with Crippen LogP contribution in [0.25, 0.3) is 0 Å². The van der Waals surface area contributed by atoms with Crippen LogP contribution in [0.1, 0.15) is 20.8 Å². The van der Waals surface area contributed by atoms with Gasteiger partial charge in [0.15, 0.2) is 0 Å². The number of aliphatic carboxylic acids is 1. The van der Waals surface area contributed by atoms with Gasteiger partial charge >= 0.3 is 12.0 Å². The third-order valence-electron chi connectivity index (χ3n) is 3.56. The van der Waals surface area contributed by atoms with Gasteiger partial charge in [0.25, 0.3) is 0 Å². The summed E-state index contributed by atoms with van der Waals surface area (Å²) in [6, 6.07) is -0.508. The standard InChI is InChI=1S/C12H23N3O3/c1-9(2)14-5-7-15(8-6-14)12(18)13(4)10(3)11(16)17/h9-10H,5-8H2,1-4H3,(H,16,17). The lowest BCUT2D eigenvalue weighted by Gasteiger charge is -2.39. The van der Waals surface area contributed by atoms with E-state index in [1.807, 2.05) is 0 Å². The van der Waals surface area contributed by atoms with Crippen molar-refractivity contribution in [3.05, 3.63) is 0 Å². The molecule has 2 amide bonds. The number of carboxylic acid groups (broad SMARTS) is 1. The molecule has 0 aromatic heterocycles. The Morgan fingerprint density at radius 3 is 2.00 bits per heavy atom. The maximum absolute atomic E-state index is 12.1. The topological polar surface area (TPSA) is 64.1 Å². The van der Waals surface area contributed by atoms with Gasteiger partial charge < -0.3 is 14.9 Å². The van der Waals surface area contributed by atoms with E-state index in [4.69, 9.17) is 5.11 Å². The Kier molecular flexibility index (Phi) is 4.95. The minimum atomic E-state index is -0.980. The predicted octanol–water partition coefficient (Wildman–Crippen LogP) is 0.537. The van der Waals surface area contributed by atoms with Gasteiger partial charge in [0, 0.05) is 39.3 Å². The molecule has 1 N–H and O–H groups in total. The van der Waals surface area contributed by atoms with Crippen LogP contribution >= 0.6 is 0 Å². The molecule has 1 aliphatic heterocycles. The second-order valence-corrected chi connectivity index (χ2v) is 5.02. The number of carbonyl (C=O) groups excluding carboxylic acids is 1. The molecule has 6 heteroatoms. The second-order valence-electron chi connectivity index (χ2n) is 5.02. The molecule has 1 atom stereocenters. The van der Waals surface area contributed by atoms with Crippen LogP contribution < -0.4 is 0 Å². The van der Waals surface area contributed by atoms with E-state index in [-0.39, 0.29) is 6.03 Å². The van der Waals surface area contributed by atoms with Crippen molar-refractivity contribution >= 4 is 12.0 Å². The van der Waals surface area contributed by atoms with Crippen LogP contribution in [0, 0.1) is 0 Å². The number of piperazine rings is 1. The molecule has 1 heterocycles. The molecule has 18 heavy (non-hydrogen) atoms. The quantitative estimate of drug-likeness (QED) is 0.801. The molecule has 1 saturated heterocycles. The molecule has 0 bridgehead atoms. The summed E-state index contributed by atoms with van der Waals surface area (Å²) in [5.74, 6) is -0.980. The predicted molar refractivity (Wildman–Crippen MR) is 68.5 cm³/mol. The number of carbonyl (C=O) groups is 2. The maximum Gasteiger partial charge on any atom is 0.326 e. The van der Waals surface area contributed by atoms with Gasteiger partial charge in [-0.15, -0.1) is 0 Å². The fraction of sp³-hybridized carbons (Fsp3) is 0.833. The molecule has 0 saturated carbocycles. The van der Waals surface area contributed by atoms with E-state index in [9.17, 15) is 9.59 Å². The number of nitrogens with zero attached hydrogens (tertiary/aromatic N) is 3. The smallest absolute Gasteiger partial charge is 0.326 e. The van der Waals surface area contributed by atoms with Crippen LogP contribution in [0.4, 0.5) is 4.79 Å².